The van der Waals surface area contributed by atoms with Crippen LogP contribution in [0.25, 0.3) is 0 Å². The van der Waals surface area contributed by atoms with Gasteiger partial charge in [-0.05, 0) is 43.3 Å². The maximum atomic E-state index is 12.3. The van der Waals surface area contributed by atoms with Crippen molar-refractivity contribution in [2.24, 2.45) is 0 Å². The van der Waals surface area contributed by atoms with Crippen molar-refractivity contribution in [3.63, 3.8) is 0 Å². The lowest BCUT2D eigenvalue weighted by Crippen LogP contribution is -2.23. The number of carbonyl (C=O) groups is 2. The lowest BCUT2D eigenvalue weighted by Gasteiger charge is -2.10. The molecular weight excluding hydrogens is 328 g/mol. The molecule has 0 unspecified atom stereocenters. The first kappa shape index (κ1) is 17.8. The van der Waals surface area contributed by atoms with E-state index >= 15 is 0 Å². The molecule has 0 radical (unpaired) electrons. The minimum absolute atomic E-state index is 0.120. The highest BCUT2D eigenvalue weighted by Gasteiger charge is 2.11. The van der Waals surface area contributed by atoms with Gasteiger partial charge in [0.15, 0.2) is 0 Å². The number of anilines is 1. The SMILES string of the molecule is CCNC(=O)c1cccc(NC(=O)Cc2cc(Cl)ccc2OC)c1. The Morgan fingerprint density at radius 3 is 2.67 bits per heavy atom. The van der Waals surface area contributed by atoms with Crippen LogP contribution in [0.2, 0.25) is 5.02 Å². The van der Waals surface area contributed by atoms with Crippen LogP contribution in [0, 0.1) is 0 Å². The summed E-state index contributed by atoms with van der Waals surface area (Å²) in [5, 5.41) is 6.04. The van der Waals surface area contributed by atoms with Crippen LogP contribution < -0.4 is 15.4 Å². The molecule has 6 heteroatoms. The fourth-order valence-corrected chi connectivity index (χ4v) is 2.46. The monoisotopic (exact) mass is 346 g/mol. The van der Waals surface area contributed by atoms with E-state index in [1.54, 1.807) is 49.6 Å². The van der Waals surface area contributed by atoms with Gasteiger partial charge in [0.05, 0.1) is 13.5 Å². The number of rotatable bonds is 6. The van der Waals surface area contributed by atoms with E-state index in [4.69, 9.17) is 16.3 Å². The van der Waals surface area contributed by atoms with Crippen molar-refractivity contribution < 1.29 is 14.3 Å². The predicted molar refractivity (Wildman–Crippen MR) is 94.8 cm³/mol. The molecule has 0 aliphatic carbocycles. The Hall–Kier alpha value is -2.53. The molecule has 0 fully saturated rings. The molecule has 0 saturated heterocycles. The third-order valence-corrected chi connectivity index (χ3v) is 3.57. The zero-order valence-corrected chi connectivity index (χ0v) is 14.3. The third kappa shape index (κ3) is 4.73. The Kier molecular flexibility index (Phi) is 6.21. The van der Waals surface area contributed by atoms with E-state index in [0.717, 1.165) is 0 Å². The van der Waals surface area contributed by atoms with Crippen LogP contribution in [0.15, 0.2) is 42.5 Å². The van der Waals surface area contributed by atoms with Crippen LogP contribution in [0.5, 0.6) is 5.75 Å². The van der Waals surface area contributed by atoms with Crippen LogP contribution in [-0.2, 0) is 11.2 Å². The number of ether oxygens (including phenoxy) is 1. The van der Waals surface area contributed by atoms with Gasteiger partial charge in [0.2, 0.25) is 5.91 Å². The highest BCUT2D eigenvalue weighted by Crippen LogP contribution is 2.23. The van der Waals surface area contributed by atoms with E-state index in [0.29, 0.717) is 34.1 Å². The van der Waals surface area contributed by atoms with Gasteiger partial charge in [-0.25, -0.2) is 0 Å². The highest BCUT2D eigenvalue weighted by atomic mass is 35.5. The zero-order chi connectivity index (χ0) is 17.5. The summed E-state index contributed by atoms with van der Waals surface area (Å²) in [7, 11) is 1.54. The standard InChI is InChI=1S/C18H19ClN2O3/c1-3-20-18(23)12-5-4-6-15(10-12)21-17(22)11-13-9-14(19)7-8-16(13)24-2/h4-10H,3,11H2,1-2H3,(H,20,23)(H,21,22). The van der Waals surface area contributed by atoms with Crippen molar-refractivity contribution in [3.8, 4) is 5.75 Å². The molecule has 126 valence electrons. The zero-order valence-electron chi connectivity index (χ0n) is 13.6. The molecule has 0 atom stereocenters. The summed E-state index contributed by atoms with van der Waals surface area (Å²) in [5.74, 6) is 0.208. The van der Waals surface area contributed by atoms with Crippen LogP contribution in [-0.4, -0.2) is 25.5 Å². The molecule has 2 aromatic carbocycles. The van der Waals surface area contributed by atoms with E-state index in [2.05, 4.69) is 10.6 Å². The summed E-state index contributed by atoms with van der Waals surface area (Å²) in [4.78, 5) is 24.1. The largest absolute Gasteiger partial charge is 0.496 e. The number of benzene rings is 2. The molecule has 0 aliphatic heterocycles. The summed E-state index contributed by atoms with van der Waals surface area (Å²) in [6, 6.07) is 11.9. The van der Waals surface area contributed by atoms with Crippen LogP contribution in [0.3, 0.4) is 0 Å². The number of hydrogen-bond donors (Lipinski definition) is 2. The summed E-state index contributed by atoms with van der Waals surface area (Å²) in [5.41, 5.74) is 1.75. The van der Waals surface area contributed by atoms with Crippen LogP contribution >= 0.6 is 11.6 Å². The summed E-state index contributed by atoms with van der Waals surface area (Å²) in [6.45, 7) is 2.39. The number of hydrogen-bond acceptors (Lipinski definition) is 3. The topological polar surface area (TPSA) is 67.4 Å². The van der Waals surface area contributed by atoms with Gasteiger partial charge in [-0.3, -0.25) is 9.59 Å². The molecule has 24 heavy (non-hydrogen) atoms. The second kappa shape index (κ2) is 8.36. The predicted octanol–water partition coefficient (Wildman–Crippen LogP) is 3.28. The average Bonchev–Trinajstić information content (AvgIpc) is 2.55. The Morgan fingerprint density at radius 1 is 1.17 bits per heavy atom. The summed E-state index contributed by atoms with van der Waals surface area (Å²) in [6.07, 6.45) is 0.120. The third-order valence-electron chi connectivity index (χ3n) is 3.34. The molecule has 2 aromatic rings. The van der Waals surface area contributed by atoms with Crippen LogP contribution in [0.1, 0.15) is 22.8 Å². The molecule has 0 heterocycles. The van der Waals surface area contributed by atoms with Gasteiger partial charge in [-0.2, -0.15) is 0 Å². The molecule has 0 aromatic heterocycles. The van der Waals surface area contributed by atoms with E-state index in [9.17, 15) is 9.59 Å². The Balaban J connectivity index is 2.09. The molecule has 0 spiro atoms. The summed E-state index contributed by atoms with van der Waals surface area (Å²) < 4.78 is 5.24. The van der Waals surface area contributed by atoms with Gasteiger partial charge < -0.3 is 15.4 Å². The summed E-state index contributed by atoms with van der Waals surface area (Å²) >= 11 is 5.97. The molecule has 2 N–H and O–H groups in total. The maximum absolute atomic E-state index is 12.3. The Labute approximate surface area is 146 Å². The van der Waals surface area contributed by atoms with E-state index < -0.39 is 0 Å². The van der Waals surface area contributed by atoms with Crippen molar-refractivity contribution in [3.05, 3.63) is 58.6 Å². The Bertz CT molecular complexity index is 747. The number of halogens is 1. The smallest absolute Gasteiger partial charge is 0.251 e. The van der Waals surface area contributed by atoms with Crippen molar-refractivity contribution >= 4 is 29.1 Å². The second-order valence-corrected chi connectivity index (χ2v) is 5.56. The van der Waals surface area contributed by atoms with Crippen molar-refractivity contribution in [2.45, 2.75) is 13.3 Å². The highest BCUT2D eigenvalue weighted by molar-refractivity contribution is 6.30. The van der Waals surface area contributed by atoms with Crippen molar-refractivity contribution in [1.29, 1.82) is 0 Å². The number of nitrogens with one attached hydrogen (secondary N) is 2. The normalized spacial score (nSPS) is 10.1. The first-order valence-corrected chi connectivity index (χ1v) is 7.91. The van der Waals surface area contributed by atoms with Gasteiger partial charge in [0.25, 0.3) is 5.91 Å². The lowest BCUT2D eigenvalue weighted by atomic mass is 10.1. The quantitative estimate of drug-likeness (QED) is 0.843. The number of methoxy groups -OCH3 is 1. The fourth-order valence-electron chi connectivity index (χ4n) is 2.26. The average molecular weight is 347 g/mol. The first-order chi connectivity index (χ1) is 11.5. The number of carbonyl (C=O) groups excluding carboxylic acids is 2. The lowest BCUT2D eigenvalue weighted by molar-refractivity contribution is -0.115. The molecule has 0 bridgehead atoms. The Morgan fingerprint density at radius 2 is 1.96 bits per heavy atom. The number of amides is 2. The maximum Gasteiger partial charge on any atom is 0.251 e. The van der Waals surface area contributed by atoms with Crippen LogP contribution in [0.4, 0.5) is 5.69 Å². The van der Waals surface area contributed by atoms with Gasteiger partial charge in [0, 0.05) is 28.4 Å². The molecule has 0 saturated carbocycles. The van der Waals surface area contributed by atoms with Gasteiger partial charge >= 0.3 is 0 Å². The van der Waals surface area contributed by atoms with Gasteiger partial charge in [-0.15, -0.1) is 0 Å². The first-order valence-electron chi connectivity index (χ1n) is 7.54. The molecule has 0 aliphatic rings. The van der Waals surface area contributed by atoms with Gasteiger partial charge in [-0.1, -0.05) is 17.7 Å². The van der Waals surface area contributed by atoms with Crippen molar-refractivity contribution in [2.75, 3.05) is 19.0 Å². The molecular formula is C18H19ClN2O3. The second-order valence-electron chi connectivity index (χ2n) is 5.12. The fraction of sp³-hybridized carbons (Fsp3) is 0.222. The van der Waals surface area contributed by atoms with Crippen molar-refractivity contribution in [1.82, 2.24) is 5.32 Å². The van der Waals surface area contributed by atoms with E-state index in [1.165, 1.54) is 0 Å². The minimum atomic E-state index is -0.219. The minimum Gasteiger partial charge on any atom is -0.496 e. The van der Waals surface area contributed by atoms with E-state index in [-0.39, 0.29) is 18.2 Å². The van der Waals surface area contributed by atoms with E-state index in [1.807, 2.05) is 6.92 Å². The molecule has 5 nitrogen and oxygen atoms in total. The molecule has 2 amide bonds. The van der Waals surface area contributed by atoms with Gasteiger partial charge in [0.1, 0.15) is 5.75 Å². The molecule has 2 rings (SSSR count).